The van der Waals surface area contributed by atoms with E-state index in [4.69, 9.17) is 9.47 Å². The van der Waals surface area contributed by atoms with Gasteiger partial charge in [-0.15, -0.1) is 0 Å². The molecule has 0 fully saturated rings. The van der Waals surface area contributed by atoms with E-state index >= 15 is 0 Å². The summed E-state index contributed by atoms with van der Waals surface area (Å²) in [6, 6.07) is 24.2. The van der Waals surface area contributed by atoms with Gasteiger partial charge in [0.05, 0.1) is 14.2 Å². The van der Waals surface area contributed by atoms with Crippen LogP contribution in [0.15, 0.2) is 78.9 Å². The van der Waals surface area contributed by atoms with Crippen LogP contribution in [0.1, 0.15) is 36.1 Å². The van der Waals surface area contributed by atoms with E-state index in [-0.39, 0.29) is 11.8 Å². The SMILES string of the molecule is CCC(=O)N(Cc1ccccc1)[C@@H](C(=O)NCCc1ccc(OC)c(OC)c1)c1ccccc1. The Hall–Kier alpha value is -3.80. The van der Waals surface area contributed by atoms with Gasteiger partial charge in [-0.05, 0) is 35.2 Å². The summed E-state index contributed by atoms with van der Waals surface area (Å²) >= 11 is 0. The zero-order valence-electron chi connectivity index (χ0n) is 20.0. The van der Waals surface area contributed by atoms with Crippen molar-refractivity contribution in [3.8, 4) is 11.5 Å². The van der Waals surface area contributed by atoms with Crippen molar-refractivity contribution in [3.05, 3.63) is 95.6 Å². The summed E-state index contributed by atoms with van der Waals surface area (Å²) in [4.78, 5) is 28.1. The van der Waals surface area contributed by atoms with Crippen LogP contribution in [0.2, 0.25) is 0 Å². The Bertz CT molecular complexity index is 1070. The second-order valence-corrected chi connectivity index (χ2v) is 7.90. The number of amides is 2. The van der Waals surface area contributed by atoms with E-state index in [0.717, 1.165) is 16.7 Å². The van der Waals surface area contributed by atoms with Crippen LogP contribution >= 0.6 is 0 Å². The maximum absolute atomic E-state index is 13.5. The Morgan fingerprint density at radius 2 is 1.50 bits per heavy atom. The maximum atomic E-state index is 13.5. The van der Waals surface area contributed by atoms with Crippen LogP contribution in [-0.4, -0.2) is 37.5 Å². The molecule has 0 aliphatic heterocycles. The molecule has 0 aliphatic carbocycles. The zero-order chi connectivity index (χ0) is 24.3. The van der Waals surface area contributed by atoms with E-state index in [1.807, 2.05) is 85.8 Å². The Kier molecular flexibility index (Phi) is 9.09. The average Bonchev–Trinajstić information content (AvgIpc) is 2.89. The van der Waals surface area contributed by atoms with Crippen molar-refractivity contribution in [1.82, 2.24) is 10.2 Å². The monoisotopic (exact) mass is 460 g/mol. The summed E-state index contributed by atoms with van der Waals surface area (Å²) in [6.45, 7) is 2.60. The standard InChI is InChI=1S/C28H32N2O4/c1-4-26(31)30(20-22-11-7-5-8-12-22)27(23-13-9-6-10-14-23)28(32)29-18-17-21-15-16-24(33-2)25(19-21)34-3/h5-16,19,27H,4,17-18,20H2,1-3H3,(H,29,32)/t27-/m1/s1. The number of ether oxygens (including phenoxy) is 2. The van der Waals surface area contributed by atoms with Gasteiger partial charge in [-0.25, -0.2) is 0 Å². The van der Waals surface area contributed by atoms with Crippen LogP contribution in [0.5, 0.6) is 11.5 Å². The van der Waals surface area contributed by atoms with Crippen LogP contribution < -0.4 is 14.8 Å². The summed E-state index contributed by atoms with van der Waals surface area (Å²) in [6.07, 6.45) is 0.934. The number of hydrogen-bond acceptors (Lipinski definition) is 4. The van der Waals surface area contributed by atoms with E-state index in [2.05, 4.69) is 5.32 Å². The molecule has 0 aromatic heterocycles. The Morgan fingerprint density at radius 3 is 2.12 bits per heavy atom. The van der Waals surface area contributed by atoms with Crippen LogP contribution in [0, 0.1) is 0 Å². The molecule has 0 bridgehead atoms. The third-order valence-corrected chi connectivity index (χ3v) is 5.65. The van der Waals surface area contributed by atoms with Gasteiger partial charge in [0.15, 0.2) is 11.5 Å². The van der Waals surface area contributed by atoms with Gasteiger partial charge >= 0.3 is 0 Å². The summed E-state index contributed by atoms with van der Waals surface area (Å²) in [5, 5.41) is 3.04. The van der Waals surface area contributed by atoms with E-state index in [1.54, 1.807) is 19.1 Å². The normalized spacial score (nSPS) is 11.4. The number of nitrogens with one attached hydrogen (secondary N) is 1. The second-order valence-electron chi connectivity index (χ2n) is 7.90. The minimum Gasteiger partial charge on any atom is -0.493 e. The van der Waals surface area contributed by atoms with Gasteiger partial charge in [0, 0.05) is 19.5 Å². The number of carbonyl (C=O) groups excluding carboxylic acids is 2. The van der Waals surface area contributed by atoms with Crippen LogP contribution in [0.25, 0.3) is 0 Å². The Balaban J connectivity index is 1.79. The highest BCUT2D eigenvalue weighted by Gasteiger charge is 2.30. The molecule has 1 N–H and O–H groups in total. The van der Waals surface area contributed by atoms with Crippen molar-refractivity contribution in [1.29, 1.82) is 0 Å². The number of benzene rings is 3. The molecule has 3 aromatic rings. The van der Waals surface area contributed by atoms with E-state index in [9.17, 15) is 9.59 Å². The molecular formula is C28H32N2O4. The maximum Gasteiger partial charge on any atom is 0.247 e. The molecule has 34 heavy (non-hydrogen) atoms. The van der Waals surface area contributed by atoms with Crippen molar-refractivity contribution < 1.29 is 19.1 Å². The molecule has 0 radical (unpaired) electrons. The highest BCUT2D eigenvalue weighted by atomic mass is 16.5. The average molecular weight is 461 g/mol. The van der Waals surface area contributed by atoms with Crippen molar-refractivity contribution in [2.24, 2.45) is 0 Å². The van der Waals surface area contributed by atoms with Gasteiger partial charge in [-0.3, -0.25) is 9.59 Å². The number of carbonyl (C=O) groups is 2. The Morgan fingerprint density at radius 1 is 0.853 bits per heavy atom. The summed E-state index contributed by atoms with van der Waals surface area (Å²) < 4.78 is 10.7. The second kappa shape index (κ2) is 12.4. The lowest BCUT2D eigenvalue weighted by Gasteiger charge is -2.31. The summed E-state index contributed by atoms with van der Waals surface area (Å²) in [5.41, 5.74) is 2.77. The predicted molar refractivity (Wildman–Crippen MR) is 133 cm³/mol. The molecular weight excluding hydrogens is 428 g/mol. The van der Waals surface area contributed by atoms with Gasteiger partial charge in [0.25, 0.3) is 0 Å². The van der Waals surface area contributed by atoms with Crippen molar-refractivity contribution in [2.45, 2.75) is 32.4 Å². The van der Waals surface area contributed by atoms with Gasteiger partial charge in [0.2, 0.25) is 11.8 Å². The lowest BCUT2D eigenvalue weighted by Crippen LogP contribution is -2.43. The fraction of sp³-hybridized carbons (Fsp3) is 0.286. The zero-order valence-corrected chi connectivity index (χ0v) is 20.0. The molecule has 0 saturated heterocycles. The van der Waals surface area contributed by atoms with Crippen LogP contribution in [-0.2, 0) is 22.6 Å². The lowest BCUT2D eigenvalue weighted by atomic mass is 10.0. The first-order chi connectivity index (χ1) is 16.6. The molecule has 0 heterocycles. The smallest absolute Gasteiger partial charge is 0.247 e. The molecule has 0 saturated carbocycles. The fourth-order valence-electron chi connectivity index (χ4n) is 3.88. The van der Waals surface area contributed by atoms with Gasteiger partial charge < -0.3 is 19.7 Å². The first-order valence-corrected chi connectivity index (χ1v) is 11.4. The molecule has 0 unspecified atom stereocenters. The third kappa shape index (κ3) is 6.38. The molecule has 0 spiro atoms. The van der Waals surface area contributed by atoms with Gasteiger partial charge in [0.1, 0.15) is 6.04 Å². The van der Waals surface area contributed by atoms with Crippen molar-refractivity contribution in [3.63, 3.8) is 0 Å². The third-order valence-electron chi connectivity index (χ3n) is 5.65. The minimum absolute atomic E-state index is 0.0762. The molecule has 0 aliphatic rings. The number of rotatable bonds is 11. The molecule has 6 nitrogen and oxygen atoms in total. The predicted octanol–water partition coefficient (Wildman–Crippen LogP) is 4.54. The van der Waals surface area contributed by atoms with E-state index in [0.29, 0.717) is 37.4 Å². The molecule has 178 valence electrons. The van der Waals surface area contributed by atoms with Crippen LogP contribution in [0.3, 0.4) is 0 Å². The van der Waals surface area contributed by atoms with Gasteiger partial charge in [-0.2, -0.15) is 0 Å². The van der Waals surface area contributed by atoms with Crippen molar-refractivity contribution in [2.75, 3.05) is 20.8 Å². The summed E-state index contributed by atoms with van der Waals surface area (Å²) in [5.74, 6) is 1.03. The molecule has 3 aromatic carbocycles. The van der Waals surface area contributed by atoms with E-state index < -0.39 is 6.04 Å². The van der Waals surface area contributed by atoms with Crippen LogP contribution in [0.4, 0.5) is 0 Å². The highest BCUT2D eigenvalue weighted by Crippen LogP contribution is 2.28. The van der Waals surface area contributed by atoms with Gasteiger partial charge in [-0.1, -0.05) is 73.7 Å². The quantitative estimate of drug-likeness (QED) is 0.456. The molecule has 3 rings (SSSR count). The molecule has 2 amide bonds. The summed E-state index contributed by atoms with van der Waals surface area (Å²) in [7, 11) is 3.19. The number of hydrogen-bond donors (Lipinski definition) is 1. The first-order valence-electron chi connectivity index (χ1n) is 11.4. The Labute approximate surface area is 201 Å². The fourth-order valence-corrected chi connectivity index (χ4v) is 3.88. The lowest BCUT2D eigenvalue weighted by molar-refractivity contribution is -0.141. The molecule has 6 heteroatoms. The highest BCUT2D eigenvalue weighted by molar-refractivity contribution is 5.88. The molecule has 1 atom stereocenters. The minimum atomic E-state index is -0.723. The van der Waals surface area contributed by atoms with Crippen molar-refractivity contribution >= 4 is 11.8 Å². The number of methoxy groups -OCH3 is 2. The largest absolute Gasteiger partial charge is 0.493 e. The topological polar surface area (TPSA) is 67.9 Å². The number of nitrogens with zero attached hydrogens (tertiary/aromatic N) is 1. The van der Waals surface area contributed by atoms with E-state index in [1.165, 1.54) is 0 Å². The first kappa shape index (κ1) is 24.8.